The predicted octanol–water partition coefficient (Wildman–Crippen LogP) is 3.55. The summed E-state index contributed by atoms with van der Waals surface area (Å²) in [5, 5.41) is 9.13. The fourth-order valence-corrected chi connectivity index (χ4v) is 3.70. The average Bonchev–Trinajstić information content (AvgIpc) is 2.83. The maximum atomic E-state index is 11.5. The topological polar surface area (TPSA) is 81.1 Å². The number of methoxy groups -OCH3 is 1. The minimum absolute atomic E-state index is 0.205. The molecule has 3 heterocycles. The molecule has 1 aliphatic rings. The van der Waals surface area contributed by atoms with Gasteiger partial charge in [-0.05, 0) is 42.5 Å². The lowest BCUT2D eigenvalue weighted by Gasteiger charge is -2.27. The van der Waals surface area contributed by atoms with E-state index in [0.717, 1.165) is 36.6 Å². The highest BCUT2D eigenvalue weighted by Gasteiger charge is 2.19. The molecular formula is C24H25N5O2. The predicted molar refractivity (Wildman–Crippen MR) is 119 cm³/mol. The second-order valence-corrected chi connectivity index (χ2v) is 7.58. The molecule has 0 spiro atoms. The Balaban J connectivity index is 1.49. The first-order valence-corrected chi connectivity index (χ1v) is 10.3. The van der Waals surface area contributed by atoms with Crippen LogP contribution in [0.1, 0.15) is 45.0 Å². The van der Waals surface area contributed by atoms with Crippen molar-refractivity contribution >= 4 is 17.4 Å². The minimum Gasteiger partial charge on any atom is -0.464 e. The van der Waals surface area contributed by atoms with Crippen LogP contribution in [0, 0.1) is 13.8 Å². The molecule has 0 fully saturated rings. The third-order valence-corrected chi connectivity index (χ3v) is 5.71. The molecule has 1 aromatic carbocycles. The summed E-state index contributed by atoms with van der Waals surface area (Å²) in [6.45, 7) is 5.75. The molecule has 0 saturated carbocycles. The molecule has 0 unspecified atom stereocenters. The Hall–Kier alpha value is -3.61. The van der Waals surface area contributed by atoms with E-state index in [-0.39, 0.29) is 5.69 Å². The van der Waals surface area contributed by atoms with Crippen LogP contribution < -0.4 is 4.90 Å². The van der Waals surface area contributed by atoms with Gasteiger partial charge in [0, 0.05) is 19.5 Å². The first-order chi connectivity index (χ1) is 15.1. The van der Waals surface area contributed by atoms with E-state index in [9.17, 15) is 4.79 Å². The third-order valence-electron chi connectivity index (χ3n) is 5.71. The van der Waals surface area contributed by atoms with E-state index in [1.165, 1.54) is 35.6 Å². The number of anilines is 1. The van der Waals surface area contributed by atoms with Crippen molar-refractivity contribution in [1.29, 1.82) is 0 Å². The van der Waals surface area contributed by atoms with Crippen molar-refractivity contribution in [3.63, 3.8) is 0 Å². The maximum absolute atomic E-state index is 11.5. The van der Waals surface area contributed by atoms with E-state index in [0.29, 0.717) is 6.54 Å². The number of aromatic nitrogens is 4. The highest BCUT2D eigenvalue weighted by atomic mass is 16.5. The SMILES string of the molecule is COC(=O)c1cnc(N2CC=C(c3nnc(Cc4ccccc4)c(C)c3C)CC2)cn1. The highest BCUT2D eigenvalue weighted by Crippen LogP contribution is 2.27. The summed E-state index contributed by atoms with van der Waals surface area (Å²) in [4.78, 5) is 22.2. The second kappa shape index (κ2) is 9.04. The van der Waals surface area contributed by atoms with Crippen molar-refractivity contribution in [2.24, 2.45) is 0 Å². The molecule has 31 heavy (non-hydrogen) atoms. The minimum atomic E-state index is -0.486. The number of benzene rings is 1. The van der Waals surface area contributed by atoms with E-state index in [2.05, 4.69) is 61.9 Å². The lowest BCUT2D eigenvalue weighted by atomic mass is 9.96. The fourth-order valence-electron chi connectivity index (χ4n) is 3.70. The van der Waals surface area contributed by atoms with Crippen LogP contribution in [-0.2, 0) is 11.2 Å². The van der Waals surface area contributed by atoms with Crippen LogP contribution in [0.25, 0.3) is 5.57 Å². The molecule has 158 valence electrons. The van der Waals surface area contributed by atoms with Crippen molar-refractivity contribution in [3.8, 4) is 0 Å². The molecule has 0 N–H and O–H groups in total. The molecule has 0 saturated heterocycles. The summed E-state index contributed by atoms with van der Waals surface area (Å²) in [5.74, 6) is 0.250. The molecule has 7 heteroatoms. The van der Waals surface area contributed by atoms with Gasteiger partial charge in [-0.3, -0.25) is 0 Å². The lowest BCUT2D eigenvalue weighted by molar-refractivity contribution is 0.0593. The summed E-state index contributed by atoms with van der Waals surface area (Å²) < 4.78 is 4.67. The second-order valence-electron chi connectivity index (χ2n) is 7.58. The van der Waals surface area contributed by atoms with Crippen molar-refractivity contribution in [2.75, 3.05) is 25.1 Å². The van der Waals surface area contributed by atoms with Gasteiger partial charge in [0.2, 0.25) is 0 Å². The molecule has 3 aromatic rings. The van der Waals surface area contributed by atoms with E-state index >= 15 is 0 Å². The number of hydrogen-bond donors (Lipinski definition) is 0. The van der Waals surface area contributed by atoms with Gasteiger partial charge in [0.1, 0.15) is 5.82 Å². The Morgan fingerprint density at radius 3 is 2.52 bits per heavy atom. The first kappa shape index (κ1) is 20.7. The van der Waals surface area contributed by atoms with Gasteiger partial charge in [0.15, 0.2) is 5.69 Å². The van der Waals surface area contributed by atoms with Gasteiger partial charge < -0.3 is 9.64 Å². The van der Waals surface area contributed by atoms with Crippen molar-refractivity contribution in [2.45, 2.75) is 26.7 Å². The quantitative estimate of drug-likeness (QED) is 0.590. The summed E-state index contributed by atoms with van der Waals surface area (Å²) >= 11 is 0. The molecule has 0 radical (unpaired) electrons. The fraction of sp³-hybridized carbons (Fsp3) is 0.292. The summed E-state index contributed by atoms with van der Waals surface area (Å²) in [6.07, 6.45) is 6.86. The summed E-state index contributed by atoms with van der Waals surface area (Å²) in [6, 6.07) is 10.3. The Kier molecular flexibility index (Phi) is 6.02. The Labute approximate surface area is 181 Å². The Morgan fingerprint density at radius 2 is 1.87 bits per heavy atom. The summed E-state index contributed by atoms with van der Waals surface area (Å²) in [5.41, 5.74) is 7.02. The van der Waals surface area contributed by atoms with Crippen LogP contribution in [0.2, 0.25) is 0 Å². The molecular weight excluding hydrogens is 390 g/mol. The number of hydrogen-bond acceptors (Lipinski definition) is 7. The molecule has 2 aromatic heterocycles. The maximum Gasteiger partial charge on any atom is 0.358 e. The molecule has 0 bridgehead atoms. The average molecular weight is 415 g/mol. The van der Waals surface area contributed by atoms with E-state index in [4.69, 9.17) is 0 Å². The summed E-state index contributed by atoms with van der Waals surface area (Å²) in [7, 11) is 1.33. The van der Waals surface area contributed by atoms with Gasteiger partial charge in [-0.2, -0.15) is 10.2 Å². The van der Waals surface area contributed by atoms with Crippen LogP contribution in [0.15, 0.2) is 48.8 Å². The van der Waals surface area contributed by atoms with Gasteiger partial charge in [-0.1, -0.05) is 36.4 Å². The molecule has 0 amide bonds. The Morgan fingerprint density at radius 1 is 1.06 bits per heavy atom. The number of carbonyl (C=O) groups is 1. The highest BCUT2D eigenvalue weighted by molar-refractivity contribution is 5.86. The van der Waals surface area contributed by atoms with Crippen LogP contribution in [-0.4, -0.2) is 46.3 Å². The smallest absolute Gasteiger partial charge is 0.358 e. The molecule has 7 nitrogen and oxygen atoms in total. The van der Waals surface area contributed by atoms with Gasteiger partial charge in [-0.25, -0.2) is 14.8 Å². The van der Waals surface area contributed by atoms with E-state index < -0.39 is 5.97 Å². The zero-order valence-electron chi connectivity index (χ0n) is 18.0. The van der Waals surface area contributed by atoms with Gasteiger partial charge in [-0.15, -0.1) is 0 Å². The zero-order chi connectivity index (χ0) is 21.8. The van der Waals surface area contributed by atoms with Crippen molar-refractivity contribution in [3.05, 3.63) is 82.6 Å². The van der Waals surface area contributed by atoms with Gasteiger partial charge in [0.05, 0.1) is 30.9 Å². The number of nitrogens with zero attached hydrogens (tertiary/aromatic N) is 5. The standard InChI is InChI=1S/C24H25N5O2/c1-16-17(2)23(28-27-20(16)13-18-7-5-4-6-8-18)19-9-11-29(12-10-19)22-15-25-21(14-26-22)24(30)31-3/h4-9,14-15H,10-13H2,1-3H3. The lowest BCUT2D eigenvalue weighted by Crippen LogP contribution is -2.29. The monoisotopic (exact) mass is 415 g/mol. The van der Waals surface area contributed by atoms with Gasteiger partial charge >= 0.3 is 5.97 Å². The first-order valence-electron chi connectivity index (χ1n) is 10.3. The van der Waals surface area contributed by atoms with Crippen molar-refractivity contribution in [1.82, 2.24) is 20.2 Å². The van der Waals surface area contributed by atoms with Crippen LogP contribution in [0.5, 0.6) is 0 Å². The van der Waals surface area contributed by atoms with Crippen LogP contribution in [0.4, 0.5) is 5.82 Å². The number of ether oxygens (including phenoxy) is 1. The van der Waals surface area contributed by atoms with E-state index in [1.54, 1.807) is 6.20 Å². The molecule has 1 aliphatic heterocycles. The third kappa shape index (κ3) is 4.45. The largest absolute Gasteiger partial charge is 0.464 e. The number of esters is 1. The van der Waals surface area contributed by atoms with Crippen molar-refractivity contribution < 1.29 is 9.53 Å². The number of rotatable bonds is 5. The molecule has 4 rings (SSSR count). The van der Waals surface area contributed by atoms with Gasteiger partial charge in [0.25, 0.3) is 0 Å². The molecule has 0 atom stereocenters. The Bertz CT molecular complexity index is 1110. The van der Waals surface area contributed by atoms with E-state index in [1.807, 2.05) is 18.2 Å². The number of carbonyl (C=O) groups excluding carboxylic acids is 1. The molecule has 0 aliphatic carbocycles. The van der Waals surface area contributed by atoms with Crippen LogP contribution >= 0.6 is 0 Å². The van der Waals surface area contributed by atoms with Crippen LogP contribution in [0.3, 0.4) is 0 Å². The zero-order valence-corrected chi connectivity index (χ0v) is 18.0. The normalized spacial score (nSPS) is 13.6.